The third kappa shape index (κ3) is 4.06. The van der Waals surface area contributed by atoms with Gasteiger partial charge in [0.15, 0.2) is 0 Å². The Morgan fingerprint density at radius 1 is 1.24 bits per heavy atom. The number of aryl methyl sites for hydroxylation is 1. The summed E-state index contributed by atoms with van der Waals surface area (Å²) in [6.45, 7) is 4.05. The van der Waals surface area contributed by atoms with Crippen molar-refractivity contribution >= 4 is 17.2 Å². The molecule has 1 N–H and O–H groups in total. The van der Waals surface area contributed by atoms with Crippen LogP contribution in [-0.4, -0.2) is 20.3 Å². The van der Waals surface area contributed by atoms with Gasteiger partial charge in [-0.25, -0.2) is 9.48 Å². The summed E-state index contributed by atoms with van der Waals surface area (Å²) in [5.74, 6) is 0.361. The van der Waals surface area contributed by atoms with Crippen LogP contribution in [-0.2, 0) is 17.9 Å². The molecule has 0 spiro atoms. The molecule has 0 saturated carbocycles. The molecule has 0 saturated heterocycles. The maximum absolute atomic E-state index is 12.5. The molecule has 1 unspecified atom stereocenters. The van der Waals surface area contributed by atoms with Gasteiger partial charge in [0.2, 0.25) is 5.91 Å². The fourth-order valence-corrected chi connectivity index (χ4v) is 3.37. The van der Waals surface area contributed by atoms with Crippen molar-refractivity contribution in [1.29, 1.82) is 0 Å². The first kappa shape index (κ1) is 17.2. The molecule has 0 aliphatic carbocycles. The molecule has 0 radical (unpaired) electrons. The number of carbonyl (C=O) groups excluding carboxylic acids is 1. The van der Waals surface area contributed by atoms with Crippen molar-refractivity contribution in [2.45, 2.75) is 33.0 Å². The topological polar surface area (TPSA) is 68.9 Å². The Morgan fingerprint density at radius 2 is 2.00 bits per heavy atom. The molecule has 2 heterocycles. The van der Waals surface area contributed by atoms with E-state index in [9.17, 15) is 9.59 Å². The molecule has 7 heteroatoms. The van der Waals surface area contributed by atoms with E-state index in [1.54, 1.807) is 22.8 Å². The van der Waals surface area contributed by atoms with Gasteiger partial charge in [-0.1, -0.05) is 36.4 Å². The molecular formula is C18H20N4O2S. The number of hydrogen-bond donors (Lipinski definition) is 1. The van der Waals surface area contributed by atoms with Gasteiger partial charge in [-0.2, -0.15) is 5.10 Å². The fraction of sp³-hybridized carbons (Fsp3) is 0.278. The number of amides is 1. The second-order valence-electron chi connectivity index (χ2n) is 5.86. The van der Waals surface area contributed by atoms with Crippen LogP contribution >= 0.6 is 11.3 Å². The Hall–Kier alpha value is -2.67. The van der Waals surface area contributed by atoms with Crippen LogP contribution in [0, 0.1) is 6.92 Å². The number of aromatic nitrogens is 3. The van der Waals surface area contributed by atoms with E-state index in [-0.39, 0.29) is 24.2 Å². The summed E-state index contributed by atoms with van der Waals surface area (Å²) in [6.07, 6.45) is 0. The molecule has 3 aromatic rings. The van der Waals surface area contributed by atoms with Crippen molar-refractivity contribution in [3.8, 4) is 0 Å². The van der Waals surface area contributed by atoms with Gasteiger partial charge in [-0.15, -0.1) is 11.3 Å². The van der Waals surface area contributed by atoms with Crippen molar-refractivity contribution in [3.05, 3.63) is 74.6 Å². The molecule has 1 aromatic carbocycles. The van der Waals surface area contributed by atoms with E-state index < -0.39 is 0 Å². The molecule has 1 atom stereocenters. The zero-order valence-electron chi connectivity index (χ0n) is 14.2. The molecule has 130 valence electrons. The van der Waals surface area contributed by atoms with E-state index in [1.165, 1.54) is 4.68 Å². The number of carbonyl (C=O) groups is 1. The molecule has 0 aliphatic heterocycles. The summed E-state index contributed by atoms with van der Waals surface area (Å²) in [5.41, 5.74) is 0.739. The van der Waals surface area contributed by atoms with Gasteiger partial charge >= 0.3 is 5.69 Å². The molecule has 6 nitrogen and oxygen atoms in total. The fourth-order valence-electron chi connectivity index (χ4n) is 2.63. The monoisotopic (exact) mass is 356 g/mol. The van der Waals surface area contributed by atoms with Gasteiger partial charge in [-0.3, -0.25) is 9.36 Å². The van der Waals surface area contributed by atoms with Gasteiger partial charge in [-0.05, 0) is 30.9 Å². The van der Waals surface area contributed by atoms with Crippen molar-refractivity contribution in [1.82, 2.24) is 19.7 Å². The predicted molar refractivity (Wildman–Crippen MR) is 97.6 cm³/mol. The first-order valence-corrected chi connectivity index (χ1v) is 8.93. The van der Waals surface area contributed by atoms with Gasteiger partial charge < -0.3 is 5.32 Å². The Labute approximate surface area is 149 Å². The SMILES string of the molecule is Cc1nn(CC(=O)NC(C)c2cccs2)c(=O)n1Cc1ccccc1. The summed E-state index contributed by atoms with van der Waals surface area (Å²) in [4.78, 5) is 25.8. The Bertz CT molecular complexity index is 897. The van der Waals surface area contributed by atoms with E-state index in [4.69, 9.17) is 0 Å². The maximum atomic E-state index is 12.5. The zero-order valence-corrected chi connectivity index (χ0v) is 15.0. The summed E-state index contributed by atoms with van der Waals surface area (Å²) in [6, 6.07) is 13.5. The lowest BCUT2D eigenvalue weighted by molar-refractivity contribution is -0.122. The number of thiophene rings is 1. The molecule has 1 amide bonds. The minimum Gasteiger partial charge on any atom is -0.347 e. The number of benzene rings is 1. The normalized spacial score (nSPS) is 12.1. The Balaban J connectivity index is 1.70. The van der Waals surface area contributed by atoms with Gasteiger partial charge in [0, 0.05) is 4.88 Å². The van der Waals surface area contributed by atoms with E-state index in [1.807, 2.05) is 54.8 Å². The van der Waals surface area contributed by atoms with Gasteiger partial charge in [0.05, 0.1) is 12.6 Å². The van der Waals surface area contributed by atoms with Crippen LogP contribution in [0.15, 0.2) is 52.6 Å². The first-order chi connectivity index (χ1) is 12.0. The van der Waals surface area contributed by atoms with Gasteiger partial charge in [0.1, 0.15) is 12.4 Å². The molecule has 3 rings (SSSR count). The van der Waals surface area contributed by atoms with Crippen molar-refractivity contribution < 1.29 is 4.79 Å². The van der Waals surface area contributed by atoms with Crippen LogP contribution in [0.1, 0.15) is 29.2 Å². The van der Waals surface area contributed by atoms with Crippen LogP contribution in [0.4, 0.5) is 0 Å². The number of rotatable bonds is 6. The van der Waals surface area contributed by atoms with E-state index >= 15 is 0 Å². The molecule has 25 heavy (non-hydrogen) atoms. The van der Waals surface area contributed by atoms with Crippen LogP contribution < -0.4 is 11.0 Å². The predicted octanol–water partition coefficient (Wildman–Crippen LogP) is 2.34. The van der Waals surface area contributed by atoms with Crippen LogP contribution in [0.5, 0.6) is 0 Å². The second-order valence-corrected chi connectivity index (χ2v) is 6.84. The van der Waals surface area contributed by atoms with Crippen molar-refractivity contribution in [2.24, 2.45) is 0 Å². The van der Waals surface area contributed by atoms with Crippen LogP contribution in [0.2, 0.25) is 0 Å². The maximum Gasteiger partial charge on any atom is 0.346 e. The van der Waals surface area contributed by atoms with E-state index in [0.29, 0.717) is 12.4 Å². The third-order valence-electron chi connectivity index (χ3n) is 3.93. The summed E-state index contributed by atoms with van der Waals surface area (Å²) in [5, 5.41) is 9.09. The highest BCUT2D eigenvalue weighted by molar-refractivity contribution is 7.10. The van der Waals surface area contributed by atoms with Crippen molar-refractivity contribution in [2.75, 3.05) is 0 Å². The quantitative estimate of drug-likeness (QED) is 0.737. The summed E-state index contributed by atoms with van der Waals surface area (Å²) < 4.78 is 2.79. The average molecular weight is 356 g/mol. The minimum atomic E-state index is -0.278. The molecule has 0 aliphatic rings. The molecule has 2 aromatic heterocycles. The second kappa shape index (κ2) is 7.48. The Kier molecular flexibility index (Phi) is 5.14. The van der Waals surface area contributed by atoms with Crippen LogP contribution in [0.25, 0.3) is 0 Å². The zero-order chi connectivity index (χ0) is 17.8. The lowest BCUT2D eigenvalue weighted by Gasteiger charge is -2.11. The lowest BCUT2D eigenvalue weighted by atomic mass is 10.2. The third-order valence-corrected chi connectivity index (χ3v) is 4.99. The minimum absolute atomic E-state index is 0.0861. The average Bonchev–Trinajstić information content (AvgIpc) is 3.21. The van der Waals surface area contributed by atoms with Crippen molar-refractivity contribution in [3.63, 3.8) is 0 Å². The summed E-state index contributed by atoms with van der Waals surface area (Å²) >= 11 is 1.59. The summed E-state index contributed by atoms with van der Waals surface area (Å²) in [7, 11) is 0. The Morgan fingerprint density at radius 3 is 2.68 bits per heavy atom. The molecule has 0 bridgehead atoms. The number of nitrogens with one attached hydrogen (secondary N) is 1. The highest BCUT2D eigenvalue weighted by atomic mass is 32.1. The molecule has 0 fully saturated rings. The lowest BCUT2D eigenvalue weighted by Crippen LogP contribution is -2.34. The number of hydrogen-bond acceptors (Lipinski definition) is 4. The smallest absolute Gasteiger partial charge is 0.346 e. The number of nitrogens with zero attached hydrogens (tertiary/aromatic N) is 3. The first-order valence-electron chi connectivity index (χ1n) is 8.05. The highest BCUT2D eigenvalue weighted by Crippen LogP contribution is 2.17. The molecular weight excluding hydrogens is 336 g/mol. The highest BCUT2D eigenvalue weighted by Gasteiger charge is 2.15. The van der Waals surface area contributed by atoms with Crippen LogP contribution in [0.3, 0.4) is 0 Å². The van der Waals surface area contributed by atoms with Gasteiger partial charge in [0.25, 0.3) is 0 Å². The standard InChI is InChI=1S/C18H20N4O2S/c1-13(16-9-6-10-25-16)19-17(23)12-22-18(24)21(14(2)20-22)11-15-7-4-3-5-8-15/h3-10,13H,11-12H2,1-2H3,(H,19,23). The van der Waals surface area contributed by atoms with E-state index in [0.717, 1.165) is 10.4 Å². The van der Waals surface area contributed by atoms with E-state index in [2.05, 4.69) is 10.4 Å². The largest absolute Gasteiger partial charge is 0.347 e.